The first kappa shape index (κ1) is 18.4. The summed E-state index contributed by atoms with van der Waals surface area (Å²) in [5.74, 6) is -0.854. The standard InChI is InChI=1S/C18H18N2O4S/c1-2-12-6-8-15(9-7-12)24-11-16(21)20-18(25)19-14-5-3-4-13(10-14)17(22)23/h3-10H,2,11H2,1H3,(H,22,23)(H2,19,20,21,25). The Kier molecular flexibility index (Phi) is 6.47. The molecular weight excluding hydrogens is 340 g/mol. The van der Waals surface area contributed by atoms with Crippen LogP contribution in [0.15, 0.2) is 48.5 Å². The van der Waals surface area contributed by atoms with E-state index in [2.05, 4.69) is 17.6 Å². The van der Waals surface area contributed by atoms with Crippen molar-refractivity contribution in [2.45, 2.75) is 13.3 Å². The molecular formula is C18H18N2O4S. The number of aryl methyl sites for hydroxylation is 1. The molecule has 0 spiro atoms. The Bertz CT molecular complexity index is 775. The number of aromatic carboxylic acids is 1. The van der Waals surface area contributed by atoms with Crippen molar-refractivity contribution in [2.24, 2.45) is 0 Å². The maximum atomic E-state index is 11.9. The number of hydrogen-bond donors (Lipinski definition) is 3. The van der Waals surface area contributed by atoms with Crippen molar-refractivity contribution in [3.05, 3.63) is 59.7 Å². The number of anilines is 1. The number of ether oxygens (including phenoxy) is 1. The molecule has 6 nitrogen and oxygen atoms in total. The molecule has 0 aliphatic carbocycles. The first-order chi connectivity index (χ1) is 12.0. The summed E-state index contributed by atoms with van der Waals surface area (Å²) >= 11 is 5.04. The zero-order chi connectivity index (χ0) is 18.2. The lowest BCUT2D eigenvalue weighted by molar-refractivity contribution is -0.121. The number of thiocarbonyl (C=S) groups is 1. The van der Waals surface area contributed by atoms with Crippen LogP contribution in [0.2, 0.25) is 0 Å². The summed E-state index contributed by atoms with van der Waals surface area (Å²) in [6, 6.07) is 13.6. The van der Waals surface area contributed by atoms with Crippen molar-refractivity contribution in [1.29, 1.82) is 0 Å². The van der Waals surface area contributed by atoms with Crippen LogP contribution < -0.4 is 15.4 Å². The Hall–Kier alpha value is -2.93. The second-order valence-corrected chi connectivity index (χ2v) is 5.58. The second-order valence-electron chi connectivity index (χ2n) is 5.17. The molecule has 2 aromatic rings. The van der Waals surface area contributed by atoms with E-state index in [1.54, 1.807) is 24.3 Å². The predicted octanol–water partition coefficient (Wildman–Crippen LogP) is 2.84. The molecule has 0 aliphatic heterocycles. The summed E-state index contributed by atoms with van der Waals surface area (Å²) in [7, 11) is 0. The summed E-state index contributed by atoms with van der Waals surface area (Å²) in [6.45, 7) is 1.88. The number of carboxylic acids is 1. The van der Waals surface area contributed by atoms with Gasteiger partial charge in [0, 0.05) is 5.69 Å². The maximum absolute atomic E-state index is 11.9. The van der Waals surface area contributed by atoms with Crippen LogP contribution in [0.25, 0.3) is 0 Å². The molecule has 130 valence electrons. The fourth-order valence-electron chi connectivity index (χ4n) is 2.03. The van der Waals surface area contributed by atoms with E-state index >= 15 is 0 Å². The van der Waals surface area contributed by atoms with Crippen molar-refractivity contribution in [3.8, 4) is 5.75 Å². The number of rotatable bonds is 6. The van der Waals surface area contributed by atoms with Gasteiger partial charge in [0.2, 0.25) is 0 Å². The minimum Gasteiger partial charge on any atom is -0.484 e. The third-order valence-electron chi connectivity index (χ3n) is 3.32. The SMILES string of the molecule is CCc1ccc(OCC(=O)NC(=S)Nc2cccc(C(=O)O)c2)cc1. The molecule has 0 unspecified atom stereocenters. The van der Waals surface area contributed by atoms with E-state index in [0.717, 1.165) is 6.42 Å². The Morgan fingerprint density at radius 1 is 1.16 bits per heavy atom. The van der Waals surface area contributed by atoms with Crippen molar-refractivity contribution < 1.29 is 19.4 Å². The van der Waals surface area contributed by atoms with Crippen LogP contribution in [0.1, 0.15) is 22.8 Å². The number of carbonyl (C=O) groups is 2. The van der Waals surface area contributed by atoms with Gasteiger partial charge in [-0.25, -0.2) is 4.79 Å². The lowest BCUT2D eigenvalue weighted by Gasteiger charge is -2.11. The molecule has 0 radical (unpaired) electrons. The average Bonchev–Trinajstić information content (AvgIpc) is 2.60. The van der Waals surface area contributed by atoms with Gasteiger partial charge in [0.15, 0.2) is 11.7 Å². The molecule has 0 bridgehead atoms. The first-order valence-electron chi connectivity index (χ1n) is 7.64. The van der Waals surface area contributed by atoms with Gasteiger partial charge in [-0.3, -0.25) is 10.1 Å². The van der Waals surface area contributed by atoms with Crippen molar-refractivity contribution in [3.63, 3.8) is 0 Å². The van der Waals surface area contributed by atoms with E-state index in [0.29, 0.717) is 11.4 Å². The highest BCUT2D eigenvalue weighted by Crippen LogP contribution is 2.12. The van der Waals surface area contributed by atoms with Crippen molar-refractivity contribution in [1.82, 2.24) is 5.32 Å². The molecule has 2 aromatic carbocycles. The number of amides is 1. The molecule has 0 heterocycles. The highest BCUT2D eigenvalue weighted by Gasteiger charge is 2.08. The quantitative estimate of drug-likeness (QED) is 0.688. The zero-order valence-electron chi connectivity index (χ0n) is 13.6. The summed E-state index contributed by atoms with van der Waals surface area (Å²) in [5, 5.41) is 14.3. The minimum absolute atomic E-state index is 0.0671. The number of carbonyl (C=O) groups excluding carboxylic acids is 1. The van der Waals surface area contributed by atoms with Crippen LogP contribution in [0, 0.1) is 0 Å². The van der Waals surface area contributed by atoms with Gasteiger partial charge < -0.3 is 15.2 Å². The van der Waals surface area contributed by atoms with Gasteiger partial charge in [-0.2, -0.15) is 0 Å². The Balaban J connectivity index is 1.82. The van der Waals surface area contributed by atoms with Gasteiger partial charge in [-0.15, -0.1) is 0 Å². The molecule has 0 saturated heterocycles. The Morgan fingerprint density at radius 3 is 2.52 bits per heavy atom. The molecule has 3 N–H and O–H groups in total. The highest BCUT2D eigenvalue weighted by atomic mass is 32.1. The normalized spacial score (nSPS) is 9.96. The van der Waals surface area contributed by atoms with Crippen LogP contribution in [0.5, 0.6) is 5.75 Å². The Morgan fingerprint density at radius 2 is 1.88 bits per heavy atom. The zero-order valence-corrected chi connectivity index (χ0v) is 14.4. The van der Waals surface area contributed by atoms with E-state index < -0.39 is 11.9 Å². The third kappa shape index (κ3) is 5.89. The van der Waals surface area contributed by atoms with Crippen molar-refractivity contribution >= 4 is 34.9 Å². The Labute approximate surface area is 150 Å². The summed E-state index contributed by atoms with van der Waals surface area (Å²) < 4.78 is 5.39. The molecule has 0 aliphatic rings. The summed E-state index contributed by atoms with van der Waals surface area (Å²) in [5.41, 5.74) is 1.78. The monoisotopic (exact) mass is 358 g/mol. The average molecular weight is 358 g/mol. The van der Waals surface area contributed by atoms with Crippen molar-refractivity contribution in [2.75, 3.05) is 11.9 Å². The topological polar surface area (TPSA) is 87.7 Å². The molecule has 2 rings (SSSR count). The minimum atomic E-state index is -1.04. The summed E-state index contributed by atoms with van der Waals surface area (Å²) in [6.07, 6.45) is 0.934. The molecule has 0 fully saturated rings. The van der Waals surface area contributed by atoms with E-state index in [4.69, 9.17) is 22.1 Å². The first-order valence-corrected chi connectivity index (χ1v) is 8.04. The number of carboxylic acid groups (broad SMARTS) is 1. The molecule has 0 saturated carbocycles. The van der Waals surface area contributed by atoms with Crippen LogP contribution in [0.3, 0.4) is 0 Å². The predicted molar refractivity (Wildman–Crippen MR) is 99.1 cm³/mol. The fraction of sp³-hybridized carbons (Fsp3) is 0.167. The molecule has 7 heteroatoms. The van der Waals surface area contributed by atoms with Gasteiger partial charge in [-0.05, 0) is 54.5 Å². The molecule has 0 aromatic heterocycles. The van der Waals surface area contributed by atoms with E-state index in [1.807, 2.05) is 12.1 Å². The van der Waals surface area contributed by atoms with Gasteiger partial charge in [-0.1, -0.05) is 25.1 Å². The lowest BCUT2D eigenvalue weighted by atomic mass is 10.2. The smallest absolute Gasteiger partial charge is 0.335 e. The molecule has 0 atom stereocenters. The van der Waals surface area contributed by atoms with Crippen LogP contribution >= 0.6 is 12.2 Å². The number of hydrogen-bond acceptors (Lipinski definition) is 4. The van der Waals surface area contributed by atoms with Gasteiger partial charge in [0.1, 0.15) is 5.75 Å². The number of benzene rings is 2. The van der Waals surface area contributed by atoms with Gasteiger partial charge in [0.25, 0.3) is 5.91 Å². The van der Waals surface area contributed by atoms with Crippen LogP contribution in [-0.4, -0.2) is 28.7 Å². The molecule has 1 amide bonds. The van der Waals surface area contributed by atoms with Crippen LogP contribution in [-0.2, 0) is 11.2 Å². The second kappa shape index (κ2) is 8.79. The third-order valence-corrected chi connectivity index (χ3v) is 3.53. The van der Waals surface area contributed by atoms with E-state index in [1.165, 1.54) is 17.7 Å². The summed E-state index contributed by atoms with van der Waals surface area (Å²) in [4.78, 5) is 22.8. The maximum Gasteiger partial charge on any atom is 0.335 e. The van der Waals surface area contributed by atoms with E-state index in [-0.39, 0.29) is 17.3 Å². The lowest BCUT2D eigenvalue weighted by Crippen LogP contribution is -2.37. The number of nitrogens with one attached hydrogen (secondary N) is 2. The van der Waals surface area contributed by atoms with Crippen LogP contribution in [0.4, 0.5) is 5.69 Å². The van der Waals surface area contributed by atoms with Gasteiger partial charge in [0.05, 0.1) is 5.56 Å². The fourth-order valence-corrected chi connectivity index (χ4v) is 2.26. The van der Waals surface area contributed by atoms with Gasteiger partial charge >= 0.3 is 5.97 Å². The van der Waals surface area contributed by atoms with E-state index in [9.17, 15) is 9.59 Å². The highest BCUT2D eigenvalue weighted by molar-refractivity contribution is 7.80. The molecule has 25 heavy (non-hydrogen) atoms. The largest absolute Gasteiger partial charge is 0.484 e.